The molecule has 1 saturated heterocycles. The molecule has 1 unspecified atom stereocenters. The van der Waals surface area contributed by atoms with E-state index >= 15 is 0 Å². The van der Waals surface area contributed by atoms with E-state index in [-0.39, 0.29) is 17.9 Å². The summed E-state index contributed by atoms with van der Waals surface area (Å²) < 4.78 is 0. The number of fused-ring (bicyclic) bond motifs is 3. The molecule has 130 valence electrons. The van der Waals surface area contributed by atoms with E-state index in [0.717, 1.165) is 53.6 Å². The largest absolute Gasteiger partial charge is 0.370 e. The Balaban J connectivity index is 1.71. The monoisotopic (exact) mass is 337 g/mol. The first kappa shape index (κ1) is 15.9. The number of H-pyrrole nitrogens is 1. The number of hydrogen-bond donors (Lipinski definition) is 2. The van der Waals surface area contributed by atoms with Gasteiger partial charge in [-0.3, -0.25) is 9.78 Å². The molecule has 1 atom stereocenters. The quantitative estimate of drug-likeness (QED) is 0.771. The standard InChI is InChI=1S/C19H23N5O/c1-12(2)23-19(25)13-4-3-9-24(11-13)16-6-8-20-15-10-22-18-14(17(15)16)5-7-21-18/h5-8,10,12-13H,3-4,9,11H2,1-2H3,(H,21,22)(H,23,25). The highest BCUT2D eigenvalue weighted by Crippen LogP contribution is 2.33. The number of piperidine rings is 1. The summed E-state index contributed by atoms with van der Waals surface area (Å²) >= 11 is 0. The summed E-state index contributed by atoms with van der Waals surface area (Å²) in [5, 5.41) is 5.24. The summed E-state index contributed by atoms with van der Waals surface area (Å²) in [5.74, 6) is 0.189. The van der Waals surface area contributed by atoms with E-state index in [1.807, 2.05) is 38.5 Å². The van der Waals surface area contributed by atoms with E-state index in [2.05, 4.69) is 31.2 Å². The molecular weight excluding hydrogens is 314 g/mol. The second-order valence-corrected chi connectivity index (χ2v) is 7.04. The third-order valence-corrected chi connectivity index (χ3v) is 4.83. The van der Waals surface area contributed by atoms with E-state index in [1.54, 1.807) is 0 Å². The summed E-state index contributed by atoms with van der Waals surface area (Å²) in [4.78, 5) is 26.9. The molecule has 6 nitrogen and oxygen atoms in total. The van der Waals surface area contributed by atoms with Gasteiger partial charge in [-0.05, 0) is 38.8 Å². The second kappa shape index (κ2) is 6.35. The minimum Gasteiger partial charge on any atom is -0.370 e. The van der Waals surface area contributed by atoms with Crippen molar-refractivity contribution in [3.8, 4) is 0 Å². The zero-order chi connectivity index (χ0) is 17.4. The van der Waals surface area contributed by atoms with Crippen LogP contribution in [0.1, 0.15) is 26.7 Å². The fourth-order valence-electron chi connectivity index (χ4n) is 3.71. The number of nitrogens with zero attached hydrogens (tertiary/aromatic N) is 3. The molecule has 3 aromatic rings. The highest BCUT2D eigenvalue weighted by atomic mass is 16.2. The average Bonchev–Trinajstić information content (AvgIpc) is 3.09. The van der Waals surface area contributed by atoms with Crippen molar-refractivity contribution in [1.29, 1.82) is 0 Å². The van der Waals surface area contributed by atoms with Crippen molar-refractivity contribution in [2.24, 2.45) is 5.92 Å². The Bertz CT molecular complexity index is 916. The molecule has 4 heterocycles. The van der Waals surface area contributed by atoms with Crippen LogP contribution in [-0.4, -0.2) is 40.0 Å². The summed E-state index contributed by atoms with van der Waals surface area (Å²) in [6, 6.07) is 4.27. The Hall–Kier alpha value is -2.63. The van der Waals surface area contributed by atoms with Crippen LogP contribution in [-0.2, 0) is 4.79 Å². The number of rotatable bonds is 3. The molecular formula is C19H23N5O. The smallest absolute Gasteiger partial charge is 0.225 e. The highest BCUT2D eigenvalue weighted by molar-refractivity contribution is 6.10. The predicted molar refractivity (Wildman–Crippen MR) is 99.6 cm³/mol. The predicted octanol–water partition coefficient (Wildman–Crippen LogP) is 2.85. The van der Waals surface area contributed by atoms with Crippen LogP contribution in [0.4, 0.5) is 5.69 Å². The molecule has 0 spiro atoms. The summed E-state index contributed by atoms with van der Waals surface area (Å²) in [6.45, 7) is 5.71. The summed E-state index contributed by atoms with van der Waals surface area (Å²) in [7, 11) is 0. The average molecular weight is 337 g/mol. The second-order valence-electron chi connectivity index (χ2n) is 7.04. The molecule has 0 aromatic carbocycles. The third-order valence-electron chi connectivity index (χ3n) is 4.83. The van der Waals surface area contributed by atoms with Gasteiger partial charge in [0.15, 0.2) is 0 Å². The Kier molecular flexibility index (Phi) is 4.03. The molecule has 1 aliphatic rings. The first-order valence-electron chi connectivity index (χ1n) is 8.89. The van der Waals surface area contributed by atoms with Crippen molar-refractivity contribution in [3.05, 3.63) is 30.7 Å². The number of aromatic amines is 1. The van der Waals surface area contributed by atoms with Crippen molar-refractivity contribution in [2.75, 3.05) is 18.0 Å². The number of anilines is 1. The molecule has 0 bridgehead atoms. The van der Waals surface area contributed by atoms with Gasteiger partial charge in [-0.15, -0.1) is 0 Å². The van der Waals surface area contributed by atoms with E-state index in [0.29, 0.717) is 0 Å². The van der Waals surface area contributed by atoms with Crippen LogP contribution >= 0.6 is 0 Å². The van der Waals surface area contributed by atoms with Crippen molar-refractivity contribution >= 4 is 33.5 Å². The first-order chi connectivity index (χ1) is 12.1. The number of hydrogen-bond acceptors (Lipinski definition) is 4. The molecule has 4 rings (SSSR count). The fourth-order valence-corrected chi connectivity index (χ4v) is 3.71. The fraction of sp³-hybridized carbons (Fsp3) is 0.421. The first-order valence-corrected chi connectivity index (χ1v) is 8.89. The summed E-state index contributed by atoms with van der Waals surface area (Å²) in [5.41, 5.74) is 2.89. The van der Waals surface area contributed by atoms with Gasteiger partial charge in [0, 0.05) is 48.0 Å². The van der Waals surface area contributed by atoms with E-state index in [1.165, 1.54) is 0 Å². The van der Waals surface area contributed by atoms with Gasteiger partial charge in [-0.1, -0.05) is 0 Å². The lowest BCUT2D eigenvalue weighted by Gasteiger charge is -2.34. The Morgan fingerprint density at radius 1 is 1.36 bits per heavy atom. The van der Waals surface area contributed by atoms with Crippen LogP contribution < -0.4 is 10.2 Å². The van der Waals surface area contributed by atoms with Gasteiger partial charge in [-0.25, -0.2) is 4.98 Å². The molecule has 0 aliphatic carbocycles. The number of carbonyl (C=O) groups excluding carboxylic acids is 1. The van der Waals surface area contributed by atoms with E-state index in [9.17, 15) is 4.79 Å². The van der Waals surface area contributed by atoms with Crippen LogP contribution in [0.3, 0.4) is 0 Å². The Morgan fingerprint density at radius 2 is 2.24 bits per heavy atom. The van der Waals surface area contributed by atoms with Crippen LogP contribution in [0, 0.1) is 5.92 Å². The van der Waals surface area contributed by atoms with Crippen LogP contribution in [0.2, 0.25) is 0 Å². The Morgan fingerprint density at radius 3 is 3.08 bits per heavy atom. The lowest BCUT2D eigenvalue weighted by Crippen LogP contribution is -2.44. The minimum atomic E-state index is 0.0305. The van der Waals surface area contributed by atoms with Crippen molar-refractivity contribution in [3.63, 3.8) is 0 Å². The SMILES string of the molecule is CC(C)NC(=O)C1CCCN(c2ccnc3cnc4[nH]ccc4c23)C1. The zero-order valence-corrected chi connectivity index (χ0v) is 14.6. The van der Waals surface area contributed by atoms with Gasteiger partial charge in [0.1, 0.15) is 5.65 Å². The molecule has 1 fully saturated rings. The maximum Gasteiger partial charge on any atom is 0.225 e. The number of carbonyl (C=O) groups is 1. The van der Waals surface area contributed by atoms with Gasteiger partial charge >= 0.3 is 0 Å². The number of aromatic nitrogens is 3. The molecule has 3 aromatic heterocycles. The van der Waals surface area contributed by atoms with Crippen LogP contribution in [0.15, 0.2) is 30.7 Å². The number of nitrogens with one attached hydrogen (secondary N) is 2. The Labute approximate surface area is 146 Å². The molecule has 2 N–H and O–H groups in total. The maximum absolute atomic E-state index is 12.5. The summed E-state index contributed by atoms with van der Waals surface area (Å²) in [6.07, 6.45) is 7.50. The highest BCUT2D eigenvalue weighted by Gasteiger charge is 2.27. The molecule has 0 saturated carbocycles. The normalized spacial score (nSPS) is 18.2. The van der Waals surface area contributed by atoms with Crippen molar-refractivity contribution in [2.45, 2.75) is 32.7 Å². The third kappa shape index (κ3) is 2.92. The lowest BCUT2D eigenvalue weighted by atomic mass is 9.96. The molecule has 0 radical (unpaired) electrons. The lowest BCUT2D eigenvalue weighted by molar-refractivity contribution is -0.125. The maximum atomic E-state index is 12.5. The minimum absolute atomic E-state index is 0.0305. The van der Waals surface area contributed by atoms with Crippen LogP contribution in [0.25, 0.3) is 21.9 Å². The van der Waals surface area contributed by atoms with Crippen molar-refractivity contribution in [1.82, 2.24) is 20.3 Å². The van der Waals surface area contributed by atoms with Crippen LogP contribution in [0.5, 0.6) is 0 Å². The van der Waals surface area contributed by atoms with E-state index < -0.39 is 0 Å². The van der Waals surface area contributed by atoms with Gasteiger partial charge in [-0.2, -0.15) is 0 Å². The van der Waals surface area contributed by atoms with E-state index in [4.69, 9.17) is 0 Å². The zero-order valence-electron chi connectivity index (χ0n) is 14.6. The molecule has 1 aliphatic heterocycles. The van der Waals surface area contributed by atoms with Gasteiger partial charge in [0.2, 0.25) is 5.91 Å². The van der Waals surface area contributed by atoms with Crippen molar-refractivity contribution < 1.29 is 4.79 Å². The van der Waals surface area contributed by atoms with Gasteiger partial charge in [0.05, 0.1) is 17.6 Å². The molecule has 6 heteroatoms. The number of amides is 1. The molecule has 25 heavy (non-hydrogen) atoms. The van der Waals surface area contributed by atoms with Gasteiger partial charge in [0.25, 0.3) is 0 Å². The molecule has 1 amide bonds. The topological polar surface area (TPSA) is 73.9 Å². The number of pyridine rings is 2. The van der Waals surface area contributed by atoms with Gasteiger partial charge < -0.3 is 15.2 Å².